The van der Waals surface area contributed by atoms with Gasteiger partial charge >= 0.3 is 0 Å². The van der Waals surface area contributed by atoms with E-state index in [1.807, 2.05) is 0 Å². The van der Waals surface area contributed by atoms with E-state index in [-0.39, 0.29) is 6.10 Å². The highest BCUT2D eigenvalue weighted by molar-refractivity contribution is 5.39. The monoisotopic (exact) mass is 251 g/mol. The zero-order chi connectivity index (χ0) is 12.8. The van der Waals surface area contributed by atoms with Crippen molar-refractivity contribution < 1.29 is 4.74 Å². The summed E-state index contributed by atoms with van der Waals surface area (Å²) in [7, 11) is 0. The van der Waals surface area contributed by atoms with Crippen molar-refractivity contribution in [3.63, 3.8) is 0 Å². The Kier molecular flexibility index (Phi) is 4.69. The van der Waals surface area contributed by atoms with Gasteiger partial charge in [-0.15, -0.1) is 5.10 Å². The molecule has 0 radical (unpaired) electrons. The number of nitrogens with one attached hydrogen (secondary N) is 1. The van der Waals surface area contributed by atoms with Crippen LogP contribution in [-0.4, -0.2) is 47.5 Å². The molecule has 100 valence electrons. The Balaban J connectivity index is 1.93. The first kappa shape index (κ1) is 13.0. The molecule has 0 amide bonds. The molecule has 0 aliphatic carbocycles. The summed E-state index contributed by atoms with van der Waals surface area (Å²) in [5.74, 6) is 1.44. The predicted molar refractivity (Wildman–Crippen MR) is 70.9 cm³/mol. The zero-order valence-corrected chi connectivity index (χ0v) is 11.1. The van der Waals surface area contributed by atoms with Gasteiger partial charge in [-0.25, -0.2) is 0 Å². The van der Waals surface area contributed by atoms with Crippen LogP contribution in [0.5, 0.6) is 0 Å². The molecule has 1 unspecified atom stereocenters. The smallest absolute Gasteiger partial charge is 0.244 e. The van der Waals surface area contributed by atoms with Gasteiger partial charge < -0.3 is 15.0 Å². The lowest BCUT2D eigenvalue weighted by Gasteiger charge is -2.19. The molecule has 2 rings (SSSR count). The maximum Gasteiger partial charge on any atom is 0.244 e. The van der Waals surface area contributed by atoms with Crippen molar-refractivity contribution in [2.45, 2.75) is 32.8 Å². The third-order valence-electron chi connectivity index (χ3n) is 3.15. The molecule has 0 aromatic carbocycles. The molecular formula is C12H21N5O. The molecular weight excluding hydrogens is 230 g/mol. The lowest BCUT2D eigenvalue weighted by molar-refractivity contribution is 0.120. The Morgan fingerprint density at radius 2 is 2.28 bits per heavy atom. The van der Waals surface area contributed by atoms with Crippen molar-refractivity contribution in [1.82, 2.24) is 15.2 Å². The summed E-state index contributed by atoms with van der Waals surface area (Å²) in [4.78, 5) is 6.61. The van der Waals surface area contributed by atoms with Gasteiger partial charge in [0.25, 0.3) is 0 Å². The highest BCUT2D eigenvalue weighted by Crippen LogP contribution is 2.13. The van der Waals surface area contributed by atoms with E-state index in [4.69, 9.17) is 4.74 Å². The van der Waals surface area contributed by atoms with Crippen LogP contribution < -0.4 is 10.2 Å². The third-order valence-corrected chi connectivity index (χ3v) is 3.15. The molecule has 1 aromatic rings. The number of aromatic nitrogens is 3. The average Bonchev–Trinajstić information content (AvgIpc) is 2.92. The van der Waals surface area contributed by atoms with E-state index in [1.54, 1.807) is 6.20 Å². The largest absolute Gasteiger partial charge is 0.376 e. The van der Waals surface area contributed by atoms with Crippen LogP contribution in [-0.2, 0) is 4.74 Å². The van der Waals surface area contributed by atoms with E-state index in [0.717, 1.165) is 44.9 Å². The molecule has 2 heterocycles. The Morgan fingerprint density at radius 1 is 1.44 bits per heavy atom. The van der Waals surface area contributed by atoms with Gasteiger partial charge in [-0.1, -0.05) is 0 Å². The fraction of sp³-hybridized carbons (Fsp3) is 0.750. The summed E-state index contributed by atoms with van der Waals surface area (Å²) < 4.78 is 5.55. The Bertz CT molecular complexity index is 363. The lowest BCUT2D eigenvalue weighted by Crippen LogP contribution is -2.25. The fourth-order valence-corrected chi connectivity index (χ4v) is 2.08. The minimum absolute atomic E-state index is 0.283. The predicted octanol–water partition coefficient (Wildman–Crippen LogP) is 1.31. The topological polar surface area (TPSA) is 63.2 Å². The maximum absolute atomic E-state index is 5.55. The zero-order valence-electron chi connectivity index (χ0n) is 11.1. The molecule has 0 saturated carbocycles. The summed E-state index contributed by atoms with van der Waals surface area (Å²) >= 11 is 0. The second-order valence-electron chi connectivity index (χ2n) is 4.33. The van der Waals surface area contributed by atoms with Gasteiger partial charge in [0.2, 0.25) is 5.95 Å². The van der Waals surface area contributed by atoms with E-state index in [0.29, 0.717) is 5.95 Å². The molecule has 1 aliphatic heterocycles. The maximum atomic E-state index is 5.55. The van der Waals surface area contributed by atoms with Crippen LogP contribution in [0, 0.1) is 0 Å². The summed E-state index contributed by atoms with van der Waals surface area (Å²) in [5, 5.41) is 11.2. The van der Waals surface area contributed by atoms with Gasteiger partial charge in [-0.3, -0.25) is 0 Å². The van der Waals surface area contributed by atoms with Crippen LogP contribution >= 0.6 is 0 Å². The van der Waals surface area contributed by atoms with Crippen molar-refractivity contribution in [3.8, 4) is 0 Å². The van der Waals surface area contributed by atoms with Crippen molar-refractivity contribution >= 4 is 11.8 Å². The molecule has 1 atom stereocenters. The van der Waals surface area contributed by atoms with Crippen molar-refractivity contribution in [2.75, 3.05) is 36.5 Å². The second-order valence-corrected chi connectivity index (χ2v) is 4.33. The summed E-state index contributed by atoms with van der Waals surface area (Å²) in [5.41, 5.74) is 0. The highest BCUT2D eigenvalue weighted by Gasteiger charge is 2.15. The van der Waals surface area contributed by atoms with E-state index in [1.165, 1.54) is 0 Å². The number of hydrogen-bond acceptors (Lipinski definition) is 6. The molecule has 1 N–H and O–H groups in total. The second kappa shape index (κ2) is 6.49. The number of nitrogens with zero attached hydrogens (tertiary/aromatic N) is 4. The van der Waals surface area contributed by atoms with Gasteiger partial charge in [0.15, 0.2) is 5.82 Å². The van der Waals surface area contributed by atoms with Gasteiger partial charge in [-0.05, 0) is 26.7 Å². The van der Waals surface area contributed by atoms with Crippen LogP contribution in [0.1, 0.15) is 26.7 Å². The highest BCUT2D eigenvalue weighted by atomic mass is 16.5. The molecule has 18 heavy (non-hydrogen) atoms. The van der Waals surface area contributed by atoms with E-state index < -0.39 is 0 Å². The van der Waals surface area contributed by atoms with E-state index >= 15 is 0 Å². The molecule has 0 spiro atoms. The van der Waals surface area contributed by atoms with Crippen LogP contribution in [0.2, 0.25) is 0 Å². The number of ether oxygens (including phenoxy) is 1. The first-order chi connectivity index (χ1) is 8.83. The first-order valence-electron chi connectivity index (χ1n) is 6.63. The molecule has 6 heteroatoms. The third kappa shape index (κ3) is 3.29. The van der Waals surface area contributed by atoms with Crippen LogP contribution in [0.3, 0.4) is 0 Å². The fourth-order valence-electron chi connectivity index (χ4n) is 2.08. The normalized spacial score (nSPS) is 18.9. The van der Waals surface area contributed by atoms with Crippen molar-refractivity contribution in [2.24, 2.45) is 0 Å². The molecule has 1 aromatic heterocycles. The lowest BCUT2D eigenvalue weighted by atomic mass is 10.2. The van der Waals surface area contributed by atoms with Crippen molar-refractivity contribution in [3.05, 3.63) is 6.20 Å². The summed E-state index contributed by atoms with van der Waals surface area (Å²) in [6.07, 6.45) is 4.23. The van der Waals surface area contributed by atoms with Gasteiger partial charge in [0.1, 0.15) is 0 Å². The van der Waals surface area contributed by atoms with Crippen LogP contribution in [0.25, 0.3) is 0 Å². The summed E-state index contributed by atoms with van der Waals surface area (Å²) in [6.45, 7) is 7.66. The Hall–Kier alpha value is -1.43. The van der Waals surface area contributed by atoms with Crippen LogP contribution in [0.15, 0.2) is 6.20 Å². The molecule has 1 saturated heterocycles. The Labute approximate surface area is 108 Å². The number of hydrogen-bond donors (Lipinski definition) is 1. The minimum atomic E-state index is 0.283. The SMILES string of the molecule is CCN(CC)c1cnnc(NCC2CCCO2)n1. The molecule has 1 fully saturated rings. The Morgan fingerprint density at radius 3 is 2.94 bits per heavy atom. The number of anilines is 2. The van der Waals surface area contributed by atoms with Gasteiger partial charge in [0, 0.05) is 26.2 Å². The van der Waals surface area contributed by atoms with E-state index in [2.05, 4.69) is 39.2 Å². The average molecular weight is 251 g/mol. The quantitative estimate of drug-likeness (QED) is 0.822. The van der Waals surface area contributed by atoms with Gasteiger partial charge in [-0.2, -0.15) is 10.1 Å². The van der Waals surface area contributed by atoms with Gasteiger partial charge in [0.05, 0.1) is 12.3 Å². The molecule has 1 aliphatic rings. The van der Waals surface area contributed by atoms with Crippen LogP contribution in [0.4, 0.5) is 11.8 Å². The van der Waals surface area contributed by atoms with E-state index in [9.17, 15) is 0 Å². The minimum Gasteiger partial charge on any atom is -0.376 e. The molecule has 0 bridgehead atoms. The number of rotatable bonds is 6. The first-order valence-corrected chi connectivity index (χ1v) is 6.63. The van der Waals surface area contributed by atoms with Crippen molar-refractivity contribution in [1.29, 1.82) is 0 Å². The molecule has 6 nitrogen and oxygen atoms in total. The standard InChI is InChI=1S/C12H21N5O/c1-3-17(4-2)11-9-14-16-12(15-11)13-8-10-6-5-7-18-10/h9-10H,3-8H2,1-2H3,(H,13,15,16). The summed E-state index contributed by atoms with van der Waals surface area (Å²) in [6, 6.07) is 0.